The van der Waals surface area contributed by atoms with Crippen LogP contribution in [0.1, 0.15) is 46.5 Å². The van der Waals surface area contributed by atoms with Crippen LogP contribution in [-0.2, 0) is 0 Å². The number of unbranched alkanes of at least 4 members (excludes halogenated alkanes) is 2. The molecule has 0 amide bonds. The van der Waals surface area contributed by atoms with E-state index in [1.807, 2.05) is 0 Å². The lowest BCUT2D eigenvalue weighted by molar-refractivity contribution is 0.186. The van der Waals surface area contributed by atoms with Crippen LogP contribution < -0.4 is 16.0 Å². The maximum atomic E-state index is 9.85. The molecule has 114 valence electrons. The van der Waals surface area contributed by atoms with Gasteiger partial charge in [0.2, 0.25) is 17.8 Å². The molecule has 0 aliphatic heterocycles. The molecule has 1 unspecified atom stereocenters. The summed E-state index contributed by atoms with van der Waals surface area (Å²) < 4.78 is 0. The van der Waals surface area contributed by atoms with Gasteiger partial charge < -0.3 is 21.1 Å². The van der Waals surface area contributed by atoms with Gasteiger partial charge in [0.05, 0.1) is 0 Å². The van der Waals surface area contributed by atoms with Gasteiger partial charge in [-0.3, -0.25) is 0 Å². The third-order valence-electron chi connectivity index (χ3n) is 2.91. The molecule has 1 heterocycles. The summed E-state index contributed by atoms with van der Waals surface area (Å²) in [4.78, 5) is 14.2. The standard InChI is InChI=1S/C13H26N6O/c1-4-6-8-15-12-16-11(14)17-13(18-12)19(10(3)20)9-7-5-2/h10,20H,4-9H2,1-3H3,(H3,14,15,16,17,18). The summed E-state index contributed by atoms with van der Waals surface area (Å²) in [5.41, 5.74) is 5.72. The van der Waals surface area contributed by atoms with Crippen LogP contribution in [0.15, 0.2) is 0 Å². The lowest BCUT2D eigenvalue weighted by Gasteiger charge is -2.25. The quantitative estimate of drug-likeness (QED) is 0.467. The van der Waals surface area contributed by atoms with Crippen LogP contribution in [0.2, 0.25) is 0 Å². The average molecular weight is 282 g/mol. The third-order valence-corrected chi connectivity index (χ3v) is 2.91. The average Bonchev–Trinajstić information content (AvgIpc) is 2.38. The normalized spacial score (nSPS) is 12.2. The van der Waals surface area contributed by atoms with Gasteiger partial charge in [0.1, 0.15) is 6.23 Å². The molecule has 0 bridgehead atoms. The summed E-state index contributed by atoms with van der Waals surface area (Å²) in [6.07, 6.45) is 3.46. The molecule has 4 N–H and O–H groups in total. The lowest BCUT2D eigenvalue weighted by atomic mass is 10.3. The number of nitrogen functional groups attached to an aromatic ring is 1. The minimum atomic E-state index is -0.660. The van der Waals surface area contributed by atoms with Gasteiger partial charge in [-0.25, -0.2) is 0 Å². The van der Waals surface area contributed by atoms with Gasteiger partial charge in [-0.05, 0) is 19.8 Å². The maximum Gasteiger partial charge on any atom is 0.234 e. The fourth-order valence-corrected chi connectivity index (χ4v) is 1.75. The smallest absolute Gasteiger partial charge is 0.234 e. The molecule has 1 aromatic rings. The first-order chi connectivity index (χ1) is 9.58. The zero-order valence-corrected chi connectivity index (χ0v) is 12.6. The van der Waals surface area contributed by atoms with E-state index in [4.69, 9.17) is 5.73 Å². The van der Waals surface area contributed by atoms with E-state index in [-0.39, 0.29) is 5.95 Å². The zero-order valence-electron chi connectivity index (χ0n) is 12.6. The number of hydrogen-bond donors (Lipinski definition) is 3. The molecule has 7 nitrogen and oxygen atoms in total. The molecule has 0 radical (unpaired) electrons. The Morgan fingerprint density at radius 1 is 1.20 bits per heavy atom. The van der Waals surface area contributed by atoms with Crippen molar-refractivity contribution in [1.29, 1.82) is 0 Å². The van der Waals surface area contributed by atoms with Crippen molar-refractivity contribution >= 4 is 17.8 Å². The summed E-state index contributed by atoms with van der Waals surface area (Å²) in [6, 6.07) is 0. The third kappa shape index (κ3) is 5.16. The predicted octanol–water partition coefficient (Wildman–Crippen LogP) is 1.61. The summed E-state index contributed by atoms with van der Waals surface area (Å²) in [7, 11) is 0. The van der Waals surface area contributed by atoms with Gasteiger partial charge in [-0.2, -0.15) is 15.0 Å². The SMILES string of the molecule is CCCCNc1nc(N)nc(N(CCCC)C(C)O)n1. The molecule has 1 aromatic heterocycles. The molecule has 0 aromatic carbocycles. The van der Waals surface area contributed by atoms with E-state index in [0.29, 0.717) is 18.4 Å². The molecule has 0 fully saturated rings. The monoisotopic (exact) mass is 282 g/mol. The first-order valence-corrected chi connectivity index (χ1v) is 7.28. The fourth-order valence-electron chi connectivity index (χ4n) is 1.75. The molecular formula is C13H26N6O. The van der Waals surface area contributed by atoms with E-state index < -0.39 is 6.23 Å². The first-order valence-electron chi connectivity index (χ1n) is 7.28. The van der Waals surface area contributed by atoms with Crippen molar-refractivity contribution in [2.45, 2.75) is 52.7 Å². The largest absolute Gasteiger partial charge is 0.374 e. The Morgan fingerprint density at radius 3 is 2.50 bits per heavy atom. The highest BCUT2D eigenvalue weighted by atomic mass is 16.3. The molecule has 0 saturated heterocycles. The highest BCUT2D eigenvalue weighted by molar-refractivity contribution is 5.42. The first kappa shape index (κ1) is 16.4. The molecule has 1 atom stereocenters. The van der Waals surface area contributed by atoms with Gasteiger partial charge in [-0.15, -0.1) is 0 Å². The second kappa shape index (κ2) is 8.52. The van der Waals surface area contributed by atoms with Crippen molar-refractivity contribution in [3.63, 3.8) is 0 Å². The Morgan fingerprint density at radius 2 is 1.90 bits per heavy atom. The Bertz CT molecular complexity index is 398. The van der Waals surface area contributed by atoms with Crippen molar-refractivity contribution in [2.24, 2.45) is 0 Å². The van der Waals surface area contributed by atoms with Crippen LogP contribution >= 0.6 is 0 Å². The van der Waals surface area contributed by atoms with Crippen LogP contribution in [0.5, 0.6) is 0 Å². The number of aliphatic hydroxyl groups is 1. The van der Waals surface area contributed by atoms with Gasteiger partial charge in [-0.1, -0.05) is 26.7 Å². The number of nitrogens with zero attached hydrogens (tertiary/aromatic N) is 4. The molecule has 1 rings (SSSR count). The fraction of sp³-hybridized carbons (Fsp3) is 0.769. The number of aromatic nitrogens is 3. The van der Waals surface area contributed by atoms with Gasteiger partial charge in [0.25, 0.3) is 0 Å². The van der Waals surface area contributed by atoms with Crippen molar-refractivity contribution in [3.05, 3.63) is 0 Å². The minimum absolute atomic E-state index is 0.163. The Labute approximate surface area is 120 Å². The highest BCUT2D eigenvalue weighted by Gasteiger charge is 2.16. The summed E-state index contributed by atoms with van der Waals surface area (Å²) in [6.45, 7) is 7.39. The molecular weight excluding hydrogens is 256 g/mol. The highest BCUT2D eigenvalue weighted by Crippen LogP contribution is 2.15. The number of nitrogens with one attached hydrogen (secondary N) is 1. The maximum absolute atomic E-state index is 9.85. The molecule has 0 aliphatic carbocycles. The van der Waals surface area contributed by atoms with Gasteiger partial charge in [0, 0.05) is 13.1 Å². The summed E-state index contributed by atoms with van der Waals surface area (Å²) in [5.74, 6) is 1.04. The zero-order chi connectivity index (χ0) is 15.0. The van der Waals surface area contributed by atoms with Crippen molar-refractivity contribution in [1.82, 2.24) is 15.0 Å². The number of aliphatic hydroxyl groups excluding tert-OH is 1. The van der Waals surface area contributed by atoms with Gasteiger partial charge in [0.15, 0.2) is 0 Å². The Kier molecular flexibility index (Phi) is 7.00. The van der Waals surface area contributed by atoms with Crippen LogP contribution in [0.4, 0.5) is 17.8 Å². The van der Waals surface area contributed by atoms with Gasteiger partial charge >= 0.3 is 0 Å². The van der Waals surface area contributed by atoms with Crippen LogP contribution in [0, 0.1) is 0 Å². The number of nitrogens with two attached hydrogens (primary N) is 1. The van der Waals surface area contributed by atoms with E-state index in [1.54, 1.807) is 11.8 Å². The molecule has 0 saturated carbocycles. The molecule has 0 aliphatic rings. The Balaban J connectivity index is 2.85. The van der Waals surface area contributed by atoms with E-state index in [1.165, 1.54) is 0 Å². The number of rotatable bonds is 9. The molecule has 20 heavy (non-hydrogen) atoms. The van der Waals surface area contributed by atoms with Crippen LogP contribution in [0.3, 0.4) is 0 Å². The van der Waals surface area contributed by atoms with Crippen LogP contribution in [0.25, 0.3) is 0 Å². The van der Waals surface area contributed by atoms with Crippen molar-refractivity contribution in [3.8, 4) is 0 Å². The van der Waals surface area contributed by atoms with Crippen molar-refractivity contribution < 1.29 is 5.11 Å². The van der Waals surface area contributed by atoms with E-state index >= 15 is 0 Å². The topological polar surface area (TPSA) is 100 Å². The molecule has 7 heteroatoms. The number of anilines is 3. The predicted molar refractivity (Wildman–Crippen MR) is 81.6 cm³/mol. The van der Waals surface area contributed by atoms with E-state index in [9.17, 15) is 5.11 Å². The van der Waals surface area contributed by atoms with Crippen molar-refractivity contribution in [2.75, 3.05) is 29.0 Å². The van der Waals surface area contributed by atoms with E-state index in [2.05, 4.69) is 34.1 Å². The molecule has 0 spiro atoms. The summed E-state index contributed by atoms with van der Waals surface area (Å²) >= 11 is 0. The van der Waals surface area contributed by atoms with E-state index in [0.717, 1.165) is 32.2 Å². The Hall–Kier alpha value is -1.63. The number of hydrogen-bond acceptors (Lipinski definition) is 7. The second-order valence-electron chi connectivity index (χ2n) is 4.78. The lowest BCUT2D eigenvalue weighted by Crippen LogP contribution is -2.35. The second-order valence-corrected chi connectivity index (χ2v) is 4.78. The van der Waals surface area contributed by atoms with Crippen LogP contribution in [-0.4, -0.2) is 39.4 Å². The summed E-state index contributed by atoms with van der Waals surface area (Å²) in [5, 5.41) is 13.0. The minimum Gasteiger partial charge on any atom is -0.374 e.